The van der Waals surface area contributed by atoms with Gasteiger partial charge in [0.25, 0.3) is 0 Å². The van der Waals surface area contributed by atoms with Gasteiger partial charge in [-0.15, -0.1) is 0 Å². The Morgan fingerprint density at radius 2 is 1.81 bits per heavy atom. The highest BCUT2D eigenvalue weighted by Gasteiger charge is 2.18. The molecule has 0 saturated carbocycles. The van der Waals surface area contributed by atoms with Gasteiger partial charge in [0.2, 0.25) is 0 Å². The molecule has 3 nitrogen and oxygen atoms in total. The molecule has 122 valence electrons. The molecule has 1 heterocycles. The summed E-state index contributed by atoms with van der Waals surface area (Å²) in [6.07, 6.45) is 4.29. The number of nitrogens with zero attached hydrogens (tertiary/aromatic N) is 1. The summed E-state index contributed by atoms with van der Waals surface area (Å²) in [6.45, 7) is 16.4. The Labute approximate surface area is 131 Å². The van der Waals surface area contributed by atoms with E-state index in [1.165, 1.54) is 18.4 Å². The maximum atomic E-state index is 5.77. The molecule has 0 spiro atoms. The Morgan fingerprint density at radius 1 is 1.14 bits per heavy atom. The molecule has 0 atom stereocenters. The number of furan rings is 1. The molecule has 0 bridgehead atoms. The Balaban J connectivity index is 2.65. The van der Waals surface area contributed by atoms with Crippen LogP contribution < -0.4 is 5.32 Å². The van der Waals surface area contributed by atoms with Crippen LogP contribution in [0.3, 0.4) is 0 Å². The van der Waals surface area contributed by atoms with E-state index in [1.807, 2.05) is 6.26 Å². The van der Waals surface area contributed by atoms with Crippen LogP contribution >= 0.6 is 0 Å². The first-order valence-electron chi connectivity index (χ1n) is 8.49. The summed E-state index contributed by atoms with van der Waals surface area (Å²) in [7, 11) is 0. The molecule has 0 saturated heterocycles. The Kier molecular flexibility index (Phi) is 8.05. The zero-order valence-corrected chi connectivity index (χ0v) is 14.8. The van der Waals surface area contributed by atoms with Crippen LogP contribution in [0.5, 0.6) is 0 Å². The van der Waals surface area contributed by atoms with E-state index >= 15 is 0 Å². The van der Waals surface area contributed by atoms with E-state index in [0.29, 0.717) is 18.0 Å². The van der Waals surface area contributed by atoms with Crippen molar-refractivity contribution in [2.24, 2.45) is 5.92 Å². The van der Waals surface area contributed by atoms with Crippen molar-refractivity contribution in [1.82, 2.24) is 10.2 Å². The van der Waals surface area contributed by atoms with Gasteiger partial charge in [0.05, 0.1) is 12.8 Å². The maximum Gasteiger partial charge on any atom is 0.118 e. The molecule has 1 aromatic rings. The van der Waals surface area contributed by atoms with Crippen molar-refractivity contribution in [3.63, 3.8) is 0 Å². The molecule has 0 aromatic carbocycles. The van der Waals surface area contributed by atoms with Crippen LogP contribution in [0, 0.1) is 5.92 Å². The van der Waals surface area contributed by atoms with Crippen LogP contribution in [-0.2, 0) is 13.1 Å². The van der Waals surface area contributed by atoms with E-state index < -0.39 is 0 Å². The highest BCUT2D eigenvalue weighted by Crippen LogP contribution is 2.17. The van der Waals surface area contributed by atoms with Crippen LogP contribution in [0.1, 0.15) is 65.7 Å². The second-order valence-corrected chi connectivity index (χ2v) is 6.75. The molecule has 0 fully saturated rings. The van der Waals surface area contributed by atoms with E-state index in [1.54, 1.807) is 0 Å². The quantitative estimate of drug-likeness (QED) is 0.692. The van der Waals surface area contributed by atoms with Crippen molar-refractivity contribution in [2.45, 2.75) is 79.6 Å². The first kappa shape index (κ1) is 18.2. The number of hydrogen-bond donors (Lipinski definition) is 1. The molecule has 0 amide bonds. The minimum Gasteiger partial charge on any atom is -0.468 e. The fourth-order valence-electron chi connectivity index (χ4n) is 2.74. The summed E-state index contributed by atoms with van der Waals surface area (Å²) in [5, 5.41) is 3.43. The van der Waals surface area contributed by atoms with Crippen LogP contribution in [0.15, 0.2) is 16.7 Å². The van der Waals surface area contributed by atoms with Gasteiger partial charge in [-0.1, -0.05) is 41.5 Å². The molecule has 0 unspecified atom stereocenters. The highest BCUT2D eigenvalue weighted by molar-refractivity contribution is 5.12. The lowest BCUT2D eigenvalue weighted by Crippen LogP contribution is -2.36. The van der Waals surface area contributed by atoms with E-state index in [2.05, 4.69) is 57.8 Å². The molecule has 21 heavy (non-hydrogen) atoms. The van der Waals surface area contributed by atoms with Crippen molar-refractivity contribution >= 4 is 0 Å². The van der Waals surface area contributed by atoms with Crippen molar-refractivity contribution in [3.8, 4) is 0 Å². The summed E-state index contributed by atoms with van der Waals surface area (Å²) in [4.78, 5) is 2.57. The second kappa shape index (κ2) is 9.26. The van der Waals surface area contributed by atoms with Crippen molar-refractivity contribution < 1.29 is 4.42 Å². The standard InChI is InChI=1S/C18H34N2O/c1-7-17(8-2)20(11-14(3)4)12-18-9-16(13-21-18)10-19-15(5)6/h9,13-15,17,19H,7-8,10-12H2,1-6H3. The molecule has 0 radical (unpaired) electrons. The van der Waals surface area contributed by atoms with Gasteiger partial charge in [0.1, 0.15) is 5.76 Å². The third-order valence-corrected chi connectivity index (χ3v) is 3.84. The molecule has 0 aliphatic carbocycles. The number of hydrogen-bond acceptors (Lipinski definition) is 3. The lowest BCUT2D eigenvalue weighted by Gasteiger charge is -2.31. The molecule has 1 aromatic heterocycles. The highest BCUT2D eigenvalue weighted by atomic mass is 16.3. The van der Waals surface area contributed by atoms with Crippen LogP contribution in [0.4, 0.5) is 0 Å². The van der Waals surface area contributed by atoms with Gasteiger partial charge >= 0.3 is 0 Å². The zero-order chi connectivity index (χ0) is 15.8. The summed E-state index contributed by atoms with van der Waals surface area (Å²) < 4.78 is 5.77. The fraction of sp³-hybridized carbons (Fsp3) is 0.778. The van der Waals surface area contributed by atoms with Gasteiger partial charge < -0.3 is 9.73 Å². The van der Waals surface area contributed by atoms with E-state index in [4.69, 9.17) is 4.42 Å². The first-order valence-corrected chi connectivity index (χ1v) is 8.49. The predicted molar refractivity (Wildman–Crippen MR) is 90.3 cm³/mol. The summed E-state index contributed by atoms with van der Waals surface area (Å²) in [5.41, 5.74) is 1.24. The average Bonchev–Trinajstić information content (AvgIpc) is 2.84. The lowest BCUT2D eigenvalue weighted by atomic mass is 10.1. The predicted octanol–water partition coefficient (Wildman–Crippen LogP) is 4.42. The second-order valence-electron chi connectivity index (χ2n) is 6.75. The van der Waals surface area contributed by atoms with Gasteiger partial charge in [-0.2, -0.15) is 0 Å². The SMILES string of the molecule is CCC(CC)N(Cc1cc(CNC(C)C)co1)CC(C)C. The third kappa shape index (κ3) is 6.66. The van der Waals surface area contributed by atoms with Crippen LogP contribution in [0.2, 0.25) is 0 Å². The third-order valence-electron chi connectivity index (χ3n) is 3.84. The van der Waals surface area contributed by atoms with Crippen molar-refractivity contribution in [2.75, 3.05) is 6.54 Å². The molecular weight excluding hydrogens is 260 g/mol. The zero-order valence-electron chi connectivity index (χ0n) is 14.8. The van der Waals surface area contributed by atoms with Gasteiger partial charge in [0, 0.05) is 30.7 Å². The van der Waals surface area contributed by atoms with E-state index in [0.717, 1.165) is 25.4 Å². The Morgan fingerprint density at radius 3 is 2.33 bits per heavy atom. The number of rotatable bonds is 10. The van der Waals surface area contributed by atoms with Crippen LogP contribution in [-0.4, -0.2) is 23.5 Å². The minimum atomic E-state index is 0.505. The molecule has 0 aliphatic rings. The summed E-state index contributed by atoms with van der Waals surface area (Å²) in [5.74, 6) is 1.77. The van der Waals surface area contributed by atoms with Crippen molar-refractivity contribution in [1.29, 1.82) is 0 Å². The Hall–Kier alpha value is -0.800. The molecule has 0 aliphatic heterocycles. The van der Waals surface area contributed by atoms with E-state index in [9.17, 15) is 0 Å². The summed E-state index contributed by atoms with van der Waals surface area (Å²) in [6, 6.07) is 3.35. The molecule has 1 rings (SSSR count). The van der Waals surface area contributed by atoms with Gasteiger partial charge in [-0.3, -0.25) is 4.90 Å². The maximum absolute atomic E-state index is 5.77. The minimum absolute atomic E-state index is 0.505. The van der Waals surface area contributed by atoms with Crippen LogP contribution in [0.25, 0.3) is 0 Å². The topological polar surface area (TPSA) is 28.4 Å². The Bertz CT molecular complexity index is 380. The lowest BCUT2D eigenvalue weighted by molar-refractivity contribution is 0.146. The fourth-order valence-corrected chi connectivity index (χ4v) is 2.74. The first-order chi connectivity index (χ1) is 9.96. The van der Waals surface area contributed by atoms with Gasteiger partial charge in [0.15, 0.2) is 0 Å². The van der Waals surface area contributed by atoms with Gasteiger partial charge in [-0.25, -0.2) is 0 Å². The largest absolute Gasteiger partial charge is 0.468 e. The monoisotopic (exact) mass is 294 g/mol. The summed E-state index contributed by atoms with van der Waals surface area (Å²) >= 11 is 0. The molecule has 1 N–H and O–H groups in total. The molecule has 3 heteroatoms. The van der Waals surface area contributed by atoms with E-state index in [-0.39, 0.29) is 0 Å². The van der Waals surface area contributed by atoms with Gasteiger partial charge in [-0.05, 0) is 24.8 Å². The number of nitrogens with one attached hydrogen (secondary N) is 1. The smallest absolute Gasteiger partial charge is 0.118 e. The average molecular weight is 294 g/mol. The molecular formula is C18H34N2O. The normalized spacial score (nSPS) is 12.3. The van der Waals surface area contributed by atoms with Crippen molar-refractivity contribution in [3.05, 3.63) is 23.7 Å².